The molecule has 0 bridgehead atoms. The molecular formula is C30H30N4O3. The van der Waals surface area contributed by atoms with Crippen molar-refractivity contribution in [3.05, 3.63) is 84.2 Å². The van der Waals surface area contributed by atoms with Crippen molar-refractivity contribution in [2.45, 2.75) is 39.8 Å². The number of hydrogen-bond acceptors (Lipinski definition) is 6. The summed E-state index contributed by atoms with van der Waals surface area (Å²) in [4.78, 5) is 16.3. The molecule has 0 saturated carbocycles. The quantitative estimate of drug-likeness (QED) is 0.262. The number of carbonyl (C=O) groups is 1. The molecule has 0 aliphatic heterocycles. The van der Waals surface area contributed by atoms with Crippen molar-refractivity contribution < 1.29 is 14.3 Å². The van der Waals surface area contributed by atoms with E-state index in [2.05, 4.69) is 43.1 Å². The van der Waals surface area contributed by atoms with Crippen LogP contribution < -0.4 is 10.5 Å². The minimum atomic E-state index is -0.274. The van der Waals surface area contributed by atoms with Gasteiger partial charge in [0.15, 0.2) is 0 Å². The highest BCUT2D eigenvalue weighted by Gasteiger charge is 2.17. The van der Waals surface area contributed by atoms with Crippen LogP contribution in [0, 0.1) is 0 Å². The van der Waals surface area contributed by atoms with Crippen molar-refractivity contribution in [1.29, 1.82) is 0 Å². The number of anilines is 1. The maximum absolute atomic E-state index is 12.1. The van der Waals surface area contributed by atoms with Crippen LogP contribution in [0.15, 0.2) is 72.9 Å². The van der Waals surface area contributed by atoms with Gasteiger partial charge in [-0.25, -0.2) is 4.98 Å². The lowest BCUT2D eigenvalue weighted by Gasteiger charge is -2.11. The van der Waals surface area contributed by atoms with Crippen molar-refractivity contribution in [1.82, 2.24) is 14.8 Å². The van der Waals surface area contributed by atoms with E-state index < -0.39 is 0 Å². The molecular weight excluding hydrogens is 464 g/mol. The van der Waals surface area contributed by atoms with E-state index in [4.69, 9.17) is 20.3 Å². The average molecular weight is 495 g/mol. The van der Waals surface area contributed by atoms with Crippen LogP contribution in [-0.4, -0.2) is 27.3 Å². The van der Waals surface area contributed by atoms with Gasteiger partial charge in [-0.1, -0.05) is 42.5 Å². The minimum Gasteiger partial charge on any atom is -0.487 e. The highest BCUT2D eigenvalue weighted by Crippen LogP contribution is 2.34. The molecule has 188 valence electrons. The lowest BCUT2D eigenvalue weighted by Crippen LogP contribution is -2.09. The molecule has 2 N–H and O–H groups in total. The monoisotopic (exact) mass is 494 g/mol. The first kappa shape index (κ1) is 24.3. The largest absolute Gasteiger partial charge is 0.487 e. The zero-order chi connectivity index (χ0) is 25.9. The first-order valence-corrected chi connectivity index (χ1v) is 12.5. The molecule has 5 rings (SSSR count). The molecule has 0 saturated heterocycles. The molecule has 37 heavy (non-hydrogen) atoms. The van der Waals surface area contributed by atoms with Gasteiger partial charge in [0.1, 0.15) is 23.9 Å². The summed E-state index contributed by atoms with van der Waals surface area (Å²) in [6.07, 6.45) is 1.90. The summed E-state index contributed by atoms with van der Waals surface area (Å²) in [7, 11) is 0. The highest BCUT2D eigenvalue weighted by molar-refractivity contribution is 6.02. The summed E-state index contributed by atoms with van der Waals surface area (Å²) >= 11 is 0. The van der Waals surface area contributed by atoms with Gasteiger partial charge in [-0.2, -0.15) is 5.10 Å². The molecule has 0 atom stereocenters. The minimum absolute atomic E-state index is 0.161. The standard InChI is InChI=1S/C30H30N4O3/c1-4-36-29(35)17-21-8-5-6-11-28(21)37-18-26-25-16-20(12-13-27(25)34(33-26)19(2)3)22-9-7-10-24-23(22)14-15-32-30(24)31/h5-16,19H,4,17-18H2,1-3H3,(H2,31,32). The Kier molecular flexibility index (Phi) is 6.77. The van der Waals surface area contributed by atoms with Crippen LogP contribution in [0.2, 0.25) is 0 Å². The number of carbonyl (C=O) groups excluding carboxylic acids is 1. The Morgan fingerprint density at radius 2 is 1.84 bits per heavy atom. The van der Waals surface area contributed by atoms with Gasteiger partial charge in [-0.15, -0.1) is 0 Å². The van der Waals surface area contributed by atoms with Crippen molar-refractivity contribution >= 4 is 33.5 Å². The summed E-state index contributed by atoms with van der Waals surface area (Å²) in [5.74, 6) is 0.892. The van der Waals surface area contributed by atoms with E-state index in [1.165, 1.54) is 0 Å². The van der Waals surface area contributed by atoms with Gasteiger partial charge in [-0.05, 0) is 61.5 Å². The van der Waals surface area contributed by atoms with Crippen molar-refractivity contribution in [3.8, 4) is 16.9 Å². The van der Waals surface area contributed by atoms with E-state index >= 15 is 0 Å². The first-order valence-electron chi connectivity index (χ1n) is 12.5. The van der Waals surface area contributed by atoms with Gasteiger partial charge in [0, 0.05) is 28.6 Å². The highest BCUT2D eigenvalue weighted by atomic mass is 16.5. The predicted molar refractivity (Wildman–Crippen MR) is 146 cm³/mol. The van der Waals surface area contributed by atoms with Gasteiger partial charge < -0.3 is 15.2 Å². The van der Waals surface area contributed by atoms with Crippen LogP contribution in [0.5, 0.6) is 5.75 Å². The Morgan fingerprint density at radius 1 is 1.00 bits per heavy atom. The lowest BCUT2D eigenvalue weighted by molar-refractivity contribution is -0.142. The van der Waals surface area contributed by atoms with Gasteiger partial charge >= 0.3 is 5.97 Å². The Hall–Kier alpha value is -4.39. The Labute approximate surface area is 215 Å². The first-order chi connectivity index (χ1) is 18.0. The summed E-state index contributed by atoms with van der Waals surface area (Å²) in [5, 5.41) is 7.91. The third kappa shape index (κ3) is 4.85. The van der Waals surface area contributed by atoms with E-state index in [1.807, 2.05) is 47.1 Å². The second kappa shape index (κ2) is 10.3. The number of ether oxygens (including phenoxy) is 2. The third-order valence-electron chi connectivity index (χ3n) is 6.40. The fraction of sp³-hybridized carbons (Fsp3) is 0.233. The maximum atomic E-state index is 12.1. The Bertz CT molecular complexity index is 1590. The average Bonchev–Trinajstić information content (AvgIpc) is 3.26. The fourth-order valence-electron chi connectivity index (χ4n) is 4.66. The van der Waals surface area contributed by atoms with Crippen molar-refractivity contribution in [3.63, 3.8) is 0 Å². The van der Waals surface area contributed by atoms with Gasteiger partial charge in [0.05, 0.1) is 18.5 Å². The zero-order valence-corrected chi connectivity index (χ0v) is 21.3. The van der Waals surface area contributed by atoms with E-state index in [0.717, 1.165) is 44.1 Å². The van der Waals surface area contributed by atoms with Crippen LogP contribution >= 0.6 is 0 Å². The number of nitrogens with zero attached hydrogens (tertiary/aromatic N) is 3. The molecule has 7 nitrogen and oxygen atoms in total. The number of esters is 1. The molecule has 0 unspecified atom stereocenters. The third-order valence-corrected chi connectivity index (χ3v) is 6.40. The second-order valence-corrected chi connectivity index (χ2v) is 9.19. The van der Waals surface area contributed by atoms with Crippen LogP contribution in [0.25, 0.3) is 32.8 Å². The fourth-order valence-corrected chi connectivity index (χ4v) is 4.66. The molecule has 5 aromatic rings. The number of para-hydroxylation sites is 1. The molecule has 0 radical (unpaired) electrons. The number of hydrogen-bond donors (Lipinski definition) is 1. The molecule has 2 heterocycles. The molecule has 0 spiro atoms. The number of pyridine rings is 1. The van der Waals surface area contributed by atoms with E-state index in [0.29, 0.717) is 18.2 Å². The van der Waals surface area contributed by atoms with E-state index in [-0.39, 0.29) is 25.0 Å². The topological polar surface area (TPSA) is 92.3 Å². The van der Waals surface area contributed by atoms with Crippen LogP contribution in [0.4, 0.5) is 5.82 Å². The number of rotatable bonds is 8. The smallest absolute Gasteiger partial charge is 0.310 e. The molecule has 0 fully saturated rings. The molecule has 7 heteroatoms. The van der Waals surface area contributed by atoms with Crippen molar-refractivity contribution in [2.75, 3.05) is 12.3 Å². The molecule has 3 aromatic carbocycles. The van der Waals surface area contributed by atoms with Gasteiger partial charge in [0.25, 0.3) is 0 Å². The second-order valence-electron chi connectivity index (χ2n) is 9.19. The number of nitrogen functional groups attached to an aromatic ring is 1. The zero-order valence-electron chi connectivity index (χ0n) is 21.3. The Balaban J connectivity index is 1.53. The summed E-state index contributed by atoms with van der Waals surface area (Å²) in [6.45, 7) is 6.64. The number of nitrogens with two attached hydrogens (primary N) is 1. The molecule has 0 aliphatic rings. The van der Waals surface area contributed by atoms with Crippen molar-refractivity contribution in [2.24, 2.45) is 0 Å². The van der Waals surface area contributed by atoms with Gasteiger partial charge in [0.2, 0.25) is 0 Å². The summed E-state index contributed by atoms with van der Waals surface area (Å²) in [6, 6.07) is 22.2. The maximum Gasteiger partial charge on any atom is 0.310 e. The molecule has 0 amide bonds. The molecule has 2 aromatic heterocycles. The Morgan fingerprint density at radius 3 is 2.65 bits per heavy atom. The SMILES string of the molecule is CCOC(=O)Cc1ccccc1OCc1nn(C(C)C)c2ccc(-c3cccc4c(N)nccc34)cc12. The normalized spacial score (nSPS) is 11.4. The van der Waals surface area contributed by atoms with Gasteiger partial charge in [-0.3, -0.25) is 9.48 Å². The molecule has 0 aliphatic carbocycles. The summed E-state index contributed by atoms with van der Waals surface area (Å²) in [5.41, 5.74) is 10.9. The number of benzene rings is 3. The number of aromatic nitrogens is 3. The predicted octanol–water partition coefficient (Wildman–Crippen LogP) is 6.10. The lowest BCUT2D eigenvalue weighted by atomic mass is 9.97. The van der Waals surface area contributed by atoms with E-state index in [1.54, 1.807) is 13.1 Å². The van der Waals surface area contributed by atoms with Crippen LogP contribution in [0.3, 0.4) is 0 Å². The number of fused-ring (bicyclic) bond motifs is 2. The van der Waals surface area contributed by atoms with Crippen LogP contribution in [-0.2, 0) is 22.6 Å². The summed E-state index contributed by atoms with van der Waals surface area (Å²) < 4.78 is 13.4. The van der Waals surface area contributed by atoms with E-state index in [9.17, 15) is 4.79 Å². The van der Waals surface area contributed by atoms with Crippen LogP contribution in [0.1, 0.15) is 38.1 Å².